The molecule has 0 amide bonds. The van der Waals surface area contributed by atoms with Crippen molar-refractivity contribution in [2.45, 2.75) is 13.3 Å². The van der Waals surface area contributed by atoms with Crippen LogP contribution in [0.25, 0.3) is 23.0 Å². The molecule has 106 valence electrons. The fourth-order valence-corrected chi connectivity index (χ4v) is 2.25. The first-order valence-electron chi connectivity index (χ1n) is 6.53. The van der Waals surface area contributed by atoms with Crippen LogP contribution in [0.15, 0.2) is 41.1 Å². The van der Waals surface area contributed by atoms with E-state index in [4.69, 9.17) is 21.9 Å². The maximum Gasteiger partial charge on any atom is 0.260 e. The van der Waals surface area contributed by atoms with Gasteiger partial charge in [0.2, 0.25) is 5.82 Å². The summed E-state index contributed by atoms with van der Waals surface area (Å²) in [6.07, 6.45) is 2.55. The van der Waals surface area contributed by atoms with Gasteiger partial charge in [-0.25, -0.2) is 0 Å². The Kier molecular flexibility index (Phi) is 3.58. The number of para-hydroxylation sites is 1. The highest BCUT2D eigenvalue weighted by atomic mass is 35.5. The molecule has 0 aliphatic heterocycles. The Morgan fingerprint density at radius 2 is 2.10 bits per heavy atom. The molecule has 0 saturated heterocycles. The van der Waals surface area contributed by atoms with Crippen LogP contribution in [0.2, 0.25) is 5.02 Å². The number of nitrogens with two attached hydrogens (primary N) is 1. The standard InChI is InChI=1S/C15H13ClN4O/c1-2-9-5-4-8-18-13(9)14-19-15(21-20-14)10-6-3-7-11(16)12(10)17/h3-8H,2,17H2,1H3. The molecule has 0 atom stereocenters. The summed E-state index contributed by atoms with van der Waals surface area (Å²) < 4.78 is 5.30. The van der Waals surface area contributed by atoms with Gasteiger partial charge in [0, 0.05) is 6.20 Å². The van der Waals surface area contributed by atoms with Gasteiger partial charge in [-0.1, -0.05) is 35.8 Å². The molecular weight excluding hydrogens is 288 g/mol. The Hall–Kier alpha value is -2.40. The monoisotopic (exact) mass is 300 g/mol. The van der Waals surface area contributed by atoms with Crippen LogP contribution in [0.3, 0.4) is 0 Å². The number of benzene rings is 1. The van der Waals surface area contributed by atoms with Gasteiger partial charge in [0.1, 0.15) is 5.69 Å². The van der Waals surface area contributed by atoms with Crippen molar-refractivity contribution < 1.29 is 4.52 Å². The van der Waals surface area contributed by atoms with Crippen molar-refractivity contribution in [1.82, 2.24) is 15.1 Å². The van der Waals surface area contributed by atoms with E-state index in [9.17, 15) is 0 Å². The second-order valence-electron chi connectivity index (χ2n) is 4.49. The van der Waals surface area contributed by atoms with Crippen LogP contribution in [0.1, 0.15) is 12.5 Å². The maximum atomic E-state index is 6.01. The minimum atomic E-state index is 0.331. The average Bonchev–Trinajstić information content (AvgIpc) is 2.99. The Labute approximate surface area is 126 Å². The molecule has 2 N–H and O–H groups in total. The van der Waals surface area contributed by atoms with E-state index in [1.165, 1.54) is 0 Å². The number of nitrogen functional groups attached to an aromatic ring is 1. The molecule has 2 aromatic heterocycles. The Balaban J connectivity index is 2.06. The van der Waals surface area contributed by atoms with Crippen LogP contribution in [-0.2, 0) is 6.42 Å². The third kappa shape index (κ3) is 2.48. The zero-order chi connectivity index (χ0) is 14.8. The van der Waals surface area contributed by atoms with Crippen molar-refractivity contribution in [3.63, 3.8) is 0 Å². The minimum Gasteiger partial charge on any atom is -0.397 e. The second-order valence-corrected chi connectivity index (χ2v) is 4.90. The van der Waals surface area contributed by atoms with Crippen molar-refractivity contribution in [2.24, 2.45) is 0 Å². The predicted molar refractivity (Wildman–Crippen MR) is 81.8 cm³/mol. The second kappa shape index (κ2) is 5.54. The first-order valence-corrected chi connectivity index (χ1v) is 6.90. The first-order chi connectivity index (χ1) is 10.2. The normalized spacial score (nSPS) is 10.8. The lowest BCUT2D eigenvalue weighted by molar-refractivity contribution is 0.432. The number of hydrogen-bond acceptors (Lipinski definition) is 5. The number of halogens is 1. The lowest BCUT2D eigenvalue weighted by Gasteiger charge is -2.02. The van der Waals surface area contributed by atoms with Crippen molar-refractivity contribution in [3.05, 3.63) is 47.1 Å². The number of pyridine rings is 1. The topological polar surface area (TPSA) is 77.8 Å². The van der Waals surface area contributed by atoms with E-state index in [1.807, 2.05) is 12.1 Å². The highest BCUT2D eigenvalue weighted by molar-refractivity contribution is 6.33. The molecule has 0 saturated carbocycles. The summed E-state index contributed by atoms with van der Waals surface area (Å²) in [7, 11) is 0. The molecule has 0 bridgehead atoms. The van der Waals surface area contributed by atoms with Crippen LogP contribution in [0.4, 0.5) is 5.69 Å². The summed E-state index contributed by atoms with van der Waals surface area (Å²) in [6, 6.07) is 9.17. The summed E-state index contributed by atoms with van der Waals surface area (Å²) in [5.74, 6) is 0.777. The molecule has 0 fully saturated rings. The van der Waals surface area contributed by atoms with Gasteiger partial charge in [0.15, 0.2) is 0 Å². The predicted octanol–water partition coefficient (Wildman–Crippen LogP) is 3.60. The molecule has 0 spiro atoms. The molecular formula is C15H13ClN4O. The van der Waals surface area contributed by atoms with Crippen LogP contribution >= 0.6 is 11.6 Å². The summed E-state index contributed by atoms with van der Waals surface area (Å²) in [6.45, 7) is 2.05. The van der Waals surface area contributed by atoms with E-state index in [0.29, 0.717) is 28.0 Å². The highest BCUT2D eigenvalue weighted by Gasteiger charge is 2.16. The Morgan fingerprint density at radius 1 is 1.24 bits per heavy atom. The van der Waals surface area contributed by atoms with Gasteiger partial charge in [0.05, 0.1) is 16.3 Å². The van der Waals surface area contributed by atoms with Crippen LogP contribution < -0.4 is 5.73 Å². The molecule has 0 radical (unpaired) electrons. The quantitative estimate of drug-likeness (QED) is 0.748. The van der Waals surface area contributed by atoms with E-state index in [-0.39, 0.29) is 0 Å². The lowest BCUT2D eigenvalue weighted by atomic mass is 10.1. The maximum absolute atomic E-state index is 6.01. The van der Waals surface area contributed by atoms with Crippen LogP contribution in [0.5, 0.6) is 0 Å². The van der Waals surface area contributed by atoms with Gasteiger partial charge < -0.3 is 10.3 Å². The molecule has 21 heavy (non-hydrogen) atoms. The number of nitrogens with zero attached hydrogens (tertiary/aromatic N) is 3. The van der Waals surface area contributed by atoms with E-state index in [2.05, 4.69) is 22.0 Å². The van der Waals surface area contributed by atoms with Gasteiger partial charge in [-0.3, -0.25) is 4.98 Å². The van der Waals surface area contributed by atoms with Crippen molar-refractivity contribution in [2.75, 3.05) is 5.73 Å². The van der Waals surface area contributed by atoms with Gasteiger partial charge in [-0.15, -0.1) is 0 Å². The van der Waals surface area contributed by atoms with Gasteiger partial charge in [-0.05, 0) is 30.2 Å². The average molecular weight is 301 g/mol. The summed E-state index contributed by atoms with van der Waals surface area (Å²) in [4.78, 5) is 8.71. The molecule has 0 aliphatic carbocycles. The van der Waals surface area contributed by atoms with Crippen LogP contribution in [-0.4, -0.2) is 15.1 Å². The Bertz CT molecular complexity index is 785. The summed E-state index contributed by atoms with van der Waals surface area (Å²) >= 11 is 6.01. The minimum absolute atomic E-state index is 0.331. The molecule has 3 aromatic rings. The van der Waals surface area contributed by atoms with Crippen LogP contribution in [0, 0.1) is 0 Å². The molecule has 0 aliphatic rings. The van der Waals surface area contributed by atoms with Gasteiger partial charge >= 0.3 is 0 Å². The molecule has 0 unspecified atom stereocenters. The fourth-order valence-electron chi connectivity index (χ4n) is 2.08. The van der Waals surface area contributed by atoms with Gasteiger partial charge in [-0.2, -0.15) is 4.98 Å². The number of aromatic nitrogens is 3. The van der Waals surface area contributed by atoms with Crippen molar-refractivity contribution in [3.8, 4) is 23.0 Å². The highest BCUT2D eigenvalue weighted by Crippen LogP contribution is 2.31. The van der Waals surface area contributed by atoms with Crippen molar-refractivity contribution >= 4 is 17.3 Å². The smallest absolute Gasteiger partial charge is 0.260 e. The SMILES string of the molecule is CCc1cccnc1-c1noc(-c2cccc(Cl)c2N)n1. The number of hydrogen-bond donors (Lipinski definition) is 1. The molecule has 3 rings (SSSR count). The van der Waals surface area contributed by atoms with E-state index in [0.717, 1.165) is 17.7 Å². The first kappa shape index (κ1) is 13.6. The molecule has 5 nitrogen and oxygen atoms in total. The number of rotatable bonds is 3. The third-order valence-electron chi connectivity index (χ3n) is 3.19. The van der Waals surface area contributed by atoms with E-state index in [1.54, 1.807) is 24.4 Å². The molecule has 1 aromatic carbocycles. The molecule has 2 heterocycles. The Morgan fingerprint density at radius 3 is 2.90 bits per heavy atom. The molecule has 6 heteroatoms. The largest absolute Gasteiger partial charge is 0.397 e. The fraction of sp³-hybridized carbons (Fsp3) is 0.133. The number of anilines is 1. The van der Waals surface area contributed by atoms with E-state index < -0.39 is 0 Å². The number of aryl methyl sites for hydroxylation is 1. The lowest BCUT2D eigenvalue weighted by Crippen LogP contribution is -1.93. The zero-order valence-corrected chi connectivity index (χ0v) is 12.1. The van der Waals surface area contributed by atoms with Crippen molar-refractivity contribution in [1.29, 1.82) is 0 Å². The van der Waals surface area contributed by atoms with E-state index >= 15 is 0 Å². The summed E-state index contributed by atoms with van der Waals surface area (Å²) in [5.41, 5.74) is 8.76. The zero-order valence-electron chi connectivity index (χ0n) is 11.4. The summed E-state index contributed by atoms with van der Waals surface area (Å²) in [5, 5.41) is 4.45. The van der Waals surface area contributed by atoms with Gasteiger partial charge in [0.25, 0.3) is 5.89 Å². The third-order valence-corrected chi connectivity index (χ3v) is 3.52.